The summed E-state index contributed by atoms with van der Waals surface area (Å²) in [5.41, 5.74) is 6.42. The van der Waals surface area contributed by atoms with E-state index >= 15 is 0 Å². The van der Waals surface area contributed by atoms with Crippen LogP contribution >= 0.6 is 0 Å². The molecule has 2 heteroatoms. The van der Waals surface area contributed by atoms with E-state index in [1.54, 1.807) is 0 Å². The van der Waals surface area contributed by atoms with Gasteiger partial charge in [0.05, 0.1) is 0 Å². The fraction of sp³-hybridized carbons (Fsp3) is 1.00. The summed E-state index contributed by atoms with van der Waals surface area (Å²) in [7, 11) is 0. The first-order chi connectivity index (χ1) is 6.28. The van der Waals surface area contributed by atoms with Gasteiger partial charge in [-0.2, -0.15) is 0 Å². The van der Waals surface area contributed by atoms with Gasteiger partial charge in [-0.05, 0) is 56.7 Å². The highest BCUT2D eigenvalue weighted by molar-refractivity contribution is 4.95. The summed E-state index contributed by atoms with van der Waals surface area (Å²) in [6.45, 7) is 7.09. The van der Waals surface area contributed by atoms with Crippen molar-refractivity contribution in [2.24, 2.45) is 17.1 Å². The van der Waals surface area contributed by atoms with E-state index in [4.69, 9.17) is 5.73 Å². The quantitative estimate of drug-likeness (QED) is 0.700. The Morgan fingerprint density at radius 1 is 1.46 bits per heavy atom. The van der Waals surface area contributed by atoms with Crippen LogP contribution in [0.25, 0.3) is 0 Å². The molecule has 1 aliphatic carbocycles. The predicted molar refractivity (Wildman–Crippen MR) is 55.6 cm³/mol. The SMILES string of the molecule is CCN1CC[C@@]2(CC[C@H](CN)C2)C1. The smallest absolute Gasteiger partial charge is 0.00384 e. The van der Waals surface area contributed by atoms with Gasteiger partial charge in [-0.15, -0.1) is 0 Å². The van der Waals surface area contributed by atoms with Crippen molar-refractivity contribution in [3.63, 3.8) is 0 Å². The van der Waals surface area contributed by atoms with E-state index in [0.717, 1.165) is 12.5 Å². The van der Waals surface area contributed by atoms with Gasteiger partial charge in [-0.3, -0.25) is 0 Å². The molecule has 2 atom stereocenters. The third-order valence-electron chi connectivity index (χ3n) is 4.10. The maximum Gasteiger partial charge on any atom is 0.00384 e. The summed E-state index contributed by atoms with van der Waals surface area (Å²) in [5, 5.41) is 0. The van der Waals surface area contributed by atoms with Crippen molar-refractivity contribution in [2.45, 2.75) is 32.6 Å². The van der Waals surface area contributed by atoms with Crippen LogP contribution in [0.1, 0.15) is 32.6 Å². The first-order valence-corrected chi connectivity index (χ1v) is 5.70. The van der Waals surface area contributed by atoms with Crippen LogP contribution in [-0.4, -0.2) is 31.1 Å². The van der Waals surface area contributed by atoms with Gasteiger partial charge in [-0.1, -0.05) is 6.92 Å². The molecule has 2 nitrogen and oxygen atoms in total. The summed E-state index contributed by atoms with van der Waals surface area (Å²) >= 11 is 0. The number of likely N-dealkylation sites (tertiary alicyclic amines) is 1. The van der Waals surface area contributed by atoms with Crippen LogP contribution < -0.4 is 5.73 Å². The predicted octanol–water partition coefficient (Wildman–Crippen LogP) is 1.46. The zero-order chi connectivity index (χ0) is 9.31. The lowest BCUT2D eigenvalue weighted by Crippen LogP contribution is -2.25. The molecule has 1 saturated heterocycles. The van der Waals surface area contributed by atoms with Gasteiger partial charge in [-0.25, -0.2) is 0 Å². The molecule has 1 spiro atoms. The molecule has 2 N–H and O–H groups in total. The Bertz CT molecular complexity index is 159. The van der Waals surface area contributed by atoms with Gasteiger partial charge in [0.1, 0.15) is 0 Å². The molecule has 13 heavy (non-hydrogen) atoms. The van der Waals surface area contributed by atoms with Crippen molar-refractivity contribution in [1.82, 2.24) is 4.90 Å². The van der Waals surface area contributed by atoms with Crippen molar-refractivity contribution in [1.29, 1.82) is 0 Å². The topological polar surface area (TPSA) is 29.3 Å². The van der Waals surface area contributed by atoms with Gasteiger partial charge >= 0.3 is 0 Å². The Balaban J connectivity index is 1.93. The standard InChI is InChI=1S/C11H22N2/c1-2-13-6-5-11(9-13)4-3-10(7-11)8-12/h10H,2-9,12H2,1H3/t10-,11+/m0/s1. The van der Waals surface area contributed by atoms with Crippen LogP contribution in [-0.2, 0) is 0 Å². The molecule has 76 valence electrons. The van der Waals surface area contributed by atoms with Gasteiger partial charge in [0.15, 0.2) is 0 Å². The molecule has 2 aliphatic rings. The highest BCUT2D eigenvalue weighted by atomic mass is 15.1. The average molecular weight is 182 g/mol. The Labute approximate surface area is 81.5 Å². The minimum atomic E-state index is 0.681. The molecule has 1 heterocycles. The molecule has 2 rings (SSSR count). The second-order valence-electron chi connectivity index (χ2n) is 4.96. The summed E-state index contributed by atoms with van der Waals surface area (Å²) < 4.78 is 0. The van der Waals surface area contributed by atoms with E-state index in [1.807, 2.05) is 0 Å². The highest BCUT2D eigenvalue weighted by Gasteiger charge is 2.42. The number of nitrogens with two attached hydrogens (primary N) is 1. The van der Waals surface area contributed by atoms with Crippen molar-refractivity contribution in [2.75, 3.05) is 26.2 Å². The summed E-state index contributed by atoms with van der Waals surface area (Å²) in [5.74, 6) is 0.830. The third-order valence-corrected chi connectivity index (χ3v) is 4.10. The molecular formula is C11H22N2. The molecule has 0 bridgehead atoms. The van der Waals surface area contributed by atoms with Crippen LogP contribution in [0.5, 0.6) is 0 Å². The largest absolute Gasteiger partial charge is 0.330 e. The van der Waals surface area contributed by atoms with Crippen LogP contribution in [0.15, 0.2) is 0 Å². The number of hydrogen-bond acceptors (Lipinski definition) is 2. The van der Waals surface area contributed by atoms with Gasteiger partial charge < -0.3 is 10.6 Å². The Hall–Kier alpha value is -0.0800. The monoisotopic (exact) mass is 182 g/mol. The first-order valence-electron chi connectivity index (χ1n) is 5.70. The summed E-state index contributed by atoms with van der Waals surface area (Å²) in [6, 6.07) is 0. The van der Waals surface area contributed by atoms with Gasteiger partial charge in [0.2, 0.25) is 0 Å². The van der Waals surface area contributed by atoms with Crippen LogP contribution in [0.3, 0.4) is 0 Å². The molecule has 1 aliphatic heterocycles. The van der Waals surface area contributed by atoms with Crippen molar-refractivity contribution in [3.05, 3.63) is 0 Å². The molecule has 0 aromatic rings. The lowest BCUT2D eigenvalue weighted by molar-refractivity contribution is 0.261. The minimum absolute atomic E-state index is 0.681. The van der Waals surface area contributed by atoms with Crippen LogP contribution in [0.2, 0.25) is 0 Å². The number of rotatable bonds is 2. The third kappa shape index (κ3) is 1.75. The summed E-state index contributed by atoms with van der Waals surface area (Å²) in [6.07, 6.45) is 5.65. The van der Waals surface area contributed by atoms with Crippen LogP contribution in [0.4, 0.5) is 0 Å². The van der Waals surface area contributed by atoms with Gasteiger partial charge in [0.25, 0.3) is 0 Å². The second kappa shape index (κ2) is 3.58. The van der Waals surface area contributed by atoms with E-state index in [9.17, 15) is 0 Å². The van der Waals surface area contributed by atoms with E-state index in [1.165, 1.54) is 45.3 Å². The average Bonchev–Trinajstić information content (AvgIpc) is 2.74. The van der Waals surface area contributed by atoms with E-state index < -0.39 is 0 Å². The van der Waals surface area contributed by atoms with Crippen molar-refractivity contribution >= 4 is 0 Å². The first kappa shape index (κ1) is 9.47. The zero-order valence-electron chi connectivity index (χ0n) is 8.76. The molecule has 2 fully saturated rings. The highest BCUT2D eigenvalue weighted by Crippen LogP contribution is 2.47. The molecule has 0 amide bonds. The van der Waals surface area contributed by atoms with Gasteiger partial charge in [0, 0.05) is 6.54 Å². The fourth-order valence-corrected chi connectivity index (χ4v) is 3.20. The maximum atomic E-state index is 5.74. The molecule has 1 saturated carbocycles. The molecule has 0 unspecified atom stereocenters. The Kier molecular flexibility index (Phi) is 2.61. The van der Waals surface area contributed by atoms with Crippen molar-refractivity contribution < 1.29 is 0 Å². The van der Waals surface area contributed by atoms with Crippen LogP contribution in [0, 0.1) is 11.3 Å². The van der Waals surface area contributed by atoms with Crippen molar-refractivity contribution in [3.8, 4) is 0 Å². The lowest BCUT2D eigenvalue weighted by Gasteiger charge is -2.23. The molecule has 0 aromatic carbocycles. The number of hydrogen-bond donors (Lipinski definition) is 1. The fourth-order valence-electron chi connectivity index (χ4n) is 3.20. The molecule has 0 aromatic heterocycles. The van der Waals surface area contributed by atoms with E-state index in [2.05, 4.69) is 11.8 Å². The zero-order valence-corrected chi connectivity index (χ0v) is 8.76. The molecule has 0 radical (unpaired) electrons. The molecular weight excluding hydrogens is 160 g/mol. The minimum Gasteiger partial charge on any atom is -0.330 e. The summed E-state index contributed by atoms with van der Waals surface area (Å²) in [4.78, 5) is 2.60. The lowest BCUT2D eigenvalue weighted by atomic mass is 9.84. The second-order valence-corrected chi connectivity index (χ2v) is 4.96. The Morgan fingerprint density at radius 3 is 2.85 bits per heavy atom. The number of nitrogens with zero attached hydrogens (tertiary/aromatic N) is 1. The maximum absolute atomic E-state index is 5.74. The normalized spacial score (nSPS) is 40.6. The van der Waals surface area contributed by atoms with E-state index in [-0.39, 0.29) is 0 Å². The Morgan fingerprint density at radius 2 is 2.31 bits per heavy atom. The van der Waals surface area contributed by atoms with E-state index in [0.29, 0.717) is 5.41 Å².